The Kier molecular flexibility index (Phi) is 3.72. The molecule has 0 fully saturated rings. The Morgan fingerprint density at radius 2 is 1.77 bits per heavy atom. The highest BCUT2D eigenvalue weighted by Gasteiger charge is 2.16. The number of rotatable bonds is 3. The van der Waals surface area contributed by atoms with E-state index < -0.39 is 0 Å². The minimum absolute atomic E-state index is 0.302. The molecule has 0 aliphatic heterocycles. The molecule has 0 aliphatic rings. The van der Waals surface area contributed by atoms with Crippen molar-refractivity contribution in [3.05, 3.63) is 60.3 Å². The van der Waals surface area contributed by atoms with Crippen LogP contribution in [0.1, 0.15) is 30.2 Å². The quantitative estimate of drug-likeness (QED) is 0.657. The highest BCUT2D eigenvalue weighted by atomic mass is 16.5. The Hall–Kier alpha value is -2.55. The molecular weight excluding hydrogens is 274 g/mol. The van der Waals surface area contributed by atoms with Crippen LogP contribution in [0.3, 0.4) is 0 Å². The first-order valence-corrected chi connectivity index (χ1v) is 7.40. The van der Waals surface area contributed by atoms with Crippen LogP contribution in [0.25, 0.3) is 22.0 Å². The molecule has 1 heterocycles. The van der Waals surface area contributed by atoms with Gasteiger partial charge in [-0.2, -0.15) is 0 Å². The lowest BCUT2D eigenvalue weighted by Crippen LogP contribution is -2.04. The molecular formula is C19H19NO2. The highest BCUT2D eigenvalue weighted by molar-refractivity contribution is 6.06. The molecule has 0 saturated heterocycles. The van der Waals surface area contributed by atoms with Crippen LogP contribution in [-0.2, 0) is 4.74 Å². The lowest BCUT2D eigenvalue weighted by Gasteiger charge is -2.12. The summed E-state index contributed by atoms with van der Waals surface area (Å²) in [6.07, 6.45) is 2.02. The average Bonchev–Trinajstić information content (AvgIpc) is 2.98. The number of ether oxygens (including phenoxy) is 1. The maximum Gasteiger partial charge on any atom is 0.338 e. The van der Waals surface area contributed by atoms with Crippen molar-refractivity contribution in [2.24, 2.45) is 0 Å². The normalized spacial score (nSPS) is 11.1. The van der Waals surface area contributed by atoms with Gasteiger partial charge in [0.05, 0.1) is 12.7 Å². The predicted molar refractivity (Wildman–Crippen MR) is 89.1 cm³/mol. The van der Waals surface area contributed by atoms with E-state index in [1.807, 2.05) is 48.7 Å². The third-order valence-electron chi connectivity index (χ3n) is 3.91. The number of aromatic nitrogens is 1. The van der Waals surface area contributed by atoms with Crippen LogP contribution < -0.4 is 0 Å². The van der Waals surface area contributed by atoms with Gasteiger partial charge in [-0.1, -0.05) is 30.3 Å². The van der Waals surface area contributed by atoms with Gasteiger partial charge in [-0.05, 0) is 43.2 Å². The van der Waals surface area contributed by atoms with Crippen molar-refractivity contribution in [2.75, 3.05) is 7.11 Å². The number of methoxy groups -OCH3 is 1. The second kappa shape index (κ2) is 5.68. The molecule has 3 heteroatoms. The van der Waals surface area contributed by atoms with Gasteiger partial charge in [-0.15, -0.1) is 0 Å². The number of hydrogen-bond donors (Lipinski definition) is 0. The van der Waals surface area contributed by atoms with E-state index in [0.29, 0.717) is 11.6 Å². The SMILES string of the molecule is COC(=O)c1cc(-c2ccccc2)cc2c1ccn2C(C)C. The fraction of sp³-hybridized carbons (Fsp3) is 0.211. The van der Waals surface area contributed by atoms with Gasteiger partial charge in [0.1, 0.15) is 0 Å². The summed E-state index contributed by atoms with van der Waals surface area (Å²) in [7, 11) is 1.42. The Morgan fingerprint density at radius 1 is 1.05 bits per heavy atom. The zero-order valence-corrected chi connectivity index (χ0v) is 13.0. The largest absolute Gasteiger partial charge is 0.465 e. The van der Waals surface area contributed by atoms with E-state index in [4.69, 9.17) is 4.74 Å². The first kappa shape index (κ1) is 14.4. The molecule has 3 rings (SSSR count). The molecule has 0 aliphatic carbocycles. The van der Waals surface area contributed by atoms with E-state index in [0.717, 1.165) is 22.0 Å². The summed E-state index contributed by atoms with van der Waals surface area (Å²) in [6.45, 7) is 4.26. The second-order valence-corrected chi connectivity index (χ2v) is 5.63. The zero-order chi connectivity index (χ0) is 15.7. The summed E-state index contributed by atoms with van der Waals surface area (Å²) in [5.41, 5.74) is 3.77. The molecule has 0 radical (unpaired) electrons. The van der Waals surface area contributed by atoms with Crippen molar-refractivity contribution in [1.82, 2.24) is 4.57 Å². The second-order valence-electron chi connectivity index (χ2n) is 5.63. The summed E-state index contributed by atoms with van der Waals surface area (Å²) < 4.78 is 7.13. The monoisotopic (exact) mass is 293 g/mol. The van der Waals surface area contributed by atoms with E-state index in [9.17, 15) is 4.79 Å². The van der Waals surface area contributed by atoms with Crippen LogP contribution in [0.4, 0.5) is 0 Å². The van der Waals surface area contributed by atoms with Crippen molar-refractivity contribution >= 4 is 16.9 Å². The fourth-order valence-corrected chi connectivity index (χ4v) is 2.79. The van der Waals surface area contributed by atoms with Crippen LogP contribution in [0.2, 0.25) is 0 Å². The Bertz CT molecular complexity index is 816. The van der Waals surface area contributed by atoms with E-state index in [1.165, 1.54) is 7.11 Å². The van der Waals surface area contributed by atoms with Gasteiger partial charge < -0.3 is 9.30 Å². The number of fused-ring (bicyclic) bond motifs is 1. The summed E-state index contributed by atoms with van der Waals surface area (Å²) >= 11 is 0. The van der Waals surface area contributed by atoms with E-state index >= 15 is 0 Å². The predicted octanol–water partition coefficient (Wildman–Crippen LogP) is 4.68. The standard InChI is InChI=1S/C19H19NO2/c1-13(2)20-10-9-16-17(19(21)22-3)11-15(12-18(16)20)14-7-5-4-6-8-14/h4-13H,1-3H3. The maximum absolute atomic E-state index is 12.2. The number of nitrogens with zero attached hydrogens (tertiary/aromatic N) is 1. The Labute approximate surface area is 130 Å². The lowest BCUT2D eigenvalue weighted by molar-refractivity contribution is 0.0603. The van der Waals surface area contributed by atoms with Crippen molar-refractivity contribution in [3.63, 3.8) is 0 Å². The number of carbonyl (C=O) groups is 1. The average molecular weight is 293 g/mol. The van der Waals surface area contributed by atoms with Crippen LogP contribution in [0, 0.1) is 0 Å². The van der Waals surface area contributed by atoms with Crippen LogP contribution in [0.15, 0.2) is 54.7 Å². The molecule has 0 amide bonds. The lowest BCUT2D eigenvalue weighted by atomic mass is 10.00. The van der Waals surface area contributed by atoms with Gasteiger partial charge in [0.25, 0.3) is 0 Å². The fourth-order valence-electron chi connectivity index (χ4n) is 2.79. The maximum atomic E-state index is 12.2. The summed E-state index contributed by atoms with van der Waals surface area (Å²) in [5, 5.41) is 0.931. The van der Waals surface area contributed by atoms with E-state index in [2.05, 4.69) is 24.5 Å². The van der Waals surface area contributed by atoms with Crippen molar-refractivity contribution < 1.29 is 9.53 Å². The first-order chi connectivity index (χ1) is 10.6. The van der Waals surface area contributed by atoms with Crippen LogP contribution in [0.5, 0.6) is 0 Å². The Morgan fingerprint density at radius 3 is 2.41 bits per heavy atom. The molecule has 0 spiro atoms. The molecule has 112 valence electrons. The molecule has 0 bridgehead atoms. The molecule has 0 unspecified atom stereocenters. The zero-order valence-electron chi connectivity index (χ0n) is 13.0. The highest BCUT2D eigenvalue weighted by Crippen LogP contribution is 2.30. The van der Waals surface area contributed by atoms with Crippen molar-refractivity contribution in [1.29, 1.82) is 0 Å². The molecule has 2 aromatic carbocycles. The topological polar surface area (TPSA) is 31.2 Å². The minimum atomic E-state index is -0.302. The molecule has 0 atom stereocenters. The van der Waals surface area contributed by atoms with Gasteiger partial charge >= 0.3 is 5.97 Å². The number of benzene rings is 2. The van der Waals surface area contributed by atoms with Gasteiger partial charge in [0.15, 0.2) is 0 Å². The Balaban J connectivity index is 2.30. The molecule has 22 heavy (non-hydrogen) atoms. The van der Waals surface area contributed by atoms with Gasteiger partial charge in [-0.25, -0.2) is 4.79 Å². The molecule has 3 nitrogen and oxygen atoms in total. The number of hydrogen-bond acceptors (Lipinski definition) is 2. The molecule has 0 saturated carbocycles. The summed E-state index contributed by atoms with van der Waals surface area (Å²) in [5.74, 6) is -0.302. The van der Waals surface area contributed by atoms with Gasteiger partial charge in [0, 0.05) is 23.1 Å². The van der Waals surface area contributed by atoms with Crippen molar-refractivity contribution in [3.8, 4) is 11.1 Å². The third kappa shape index (κ3) is 2.39. The van der Waals surface area contributed by atoms with E-state index in [1.54, 1.807) is 0 Å². The smallest absolute Gasteiger partial charge is 0.338 e. The molecule has 1 aromatic heterocycles. The molecule has 0 N–H and O–H groups in total. The van der Waals surface area contributed by atoms with Gasteiger partial charge in [-0.3, -0.25) is 0 Å². The summed E-state index contributed by atoms with van der Waals surface area (Å²) in [4.78, 5) is 12.2. The summed E-state index contributed by atoms with van der Waals surface area (Å²) in [6, 6.07) is 16.4. The number of carbonyl (C=O) groups excluding carboxylic acids is 1. The van der Waals surface area contributed by atoms with Crippen molar-refractivity contribution in [2.45, 2.75) is 19.9 Å². The minimum Gasteiger partial charge on any atom is -0.465 e. The van der Waals surface area contributed by atoms with Crippen LogP contribution in [-0.4, -0.2) is 17.6 Å². The van der Waals surface area contributed by atoms with E-state index in [-0.39, 0.29) is 5.97 Å². The first-order valence-electron chi connectivity index (χ1n) is 7.40. The van der Waals surface area contributed by atoms with Gasteiger partial charge in [0.2, 0.25) is 0 Å². The number of esters is 1. The molecule has 3 aromatic rings. The third-order valence-corrected chi connectivity index (χ3v) is 3.91. The van der Waals surface area contributed by atoms with Crippen LogP contribution >= 0.6 is 0 Å².